The highest BCUT2D eigenvalue weighted by molar-refractivity contribution is 5.95. The van der Waals surface area contributed by atoms with E-state index in [2.05, 4.69) is 5.32 Å². The molecule has 5 heteroatoms. The summed E-state index contributed by atoms with van der Waals surface area (Å²) in [5, 5.41) is 2.77. The minimum absolute atomic E-state index is 0.127. The van der Waals surface area contributed by atoms with Crippen LogP contribution in [0.2, 0.25) is 0 Å². The van der Waals surface area contributed by atoms with E-state index in [4.69, 9.17) is 9.47 Å². The summed E-state index contributed by atoms with van der Waals surface area (Å²) < 4.78 is 10.9. The Morgan fingerprint density at radius 1 is 0.862 bits per heavy atom. The zero-order valence-electron chi connectivity index (χ0n) is 16.2. The van der Waals surface area contributed by atoms with Gasteiger partial charge in [-0.2, -0.15) is 0 Å². The van der Waals surface area contributed by atoms with Crippen LogP contribution >= 0.6 is 0 Å². The summed E-state index contributed by atoms with van der Waals surface area (Å²) in [6, 6.07) is 26.2. The van der Waals surface area contributed by atoms with E-state index in [0.29, 0.717) is 17.9 Å². The molecule has 0 radical (unpaired) electrons. The van der Waals surface area contributed by atoms with Gasteiger partial charge in [0.15, 0.2) is 0 Å². The summed E-state index contributed by atoms with van der Waals surface area (Å²) in [6.45, 7) is 1.92. The molecule has 0 aliphatic carbocycles. The quantitative estimate of drug-likeness (QED) is 0.572. The number of benzene rings is 3. The first-order chi connectivity index (χ1) is 14.2. The number of hydrogen-bond acceptors (Lipinski definition) is 4. The van der Waals surface area contributed by atoms with E-state index in [1.807, 2.05) is 60.7 Å². The Balaban J connectivity index is 1.67. The Morgan fingerprint density at radius 2 is 1.48 bits per heavy atom. The van der Waals surface area contributed by atoms with Crippen molar-refractivity contribution in [2.24, 2.45) is 0 Å². The Hall–Kier alpha value is -3.44. The highest BCUT2D eigenvalue weighted by Gasteiger charge is 2.16. The van der Waals surface area contributed by atoms with Gasteiger partial charge < -0.3 is 14.8 Å². The molecule has 0 unspecified atom stereocenters. The predicted octanol–water partition coefficient (Wildman–Crippen LogP) is 4.61. The fourth-order valence-corrected chi connectivity index (χ4v) is 2.94. The summed E-state index contributed by atoms with van der Waals surface area (Å²) in [6.07, 6.45) is -0.353. The van der Waals surface area contributed by atoms with Gasteiger partial charge in [0.25, 0.3) is 0 Å². The van der Waals surface area contributed by atoms with Gasteiger partial charge in [0.2, 0.25) is 5.91 Å². The number of carbonyl (C=O) groups excluding carboxylic acids is 2. The van der Waals surface area contributed by atoms with Crippen molar-refractivity contribution < 1.29 is 19.1 Å². The van der Waals surface area contributed by atoms with Crippen LogP contribution in [0.5, 0.6) is 0 Å². The van der Waals surface area contributed by atoms with Crippen LogP contribution < -0.4 is 5.32 Å². The molecule has 5 nitrogen and oxygen atoms in total. The second kappa shape index (κ2) is 10.2. The molecule has 0 bridgehead atoms. The molecule has 3 rings (SSSR count). The van der Waals surface area contributed by atoms with Crippen LogP contribution in [0.15, 0.2) is 84.9 Å². The molecule has 3 aromatic rings. The van der Waals surface area contributed by atoms with Crippen LogP contribution in [0.4, 0.5) is 5.69 Å². The first-order valence-corrected chi connectivity index (χ1v) is 9.46. The van der Waals surface area contributed by atoms with Gasteiger partial charge in [-0.25, -0.2) is 4.79 Å². The molecule has 0 spiro atoms. The SMILES string of the molecule is CCOC(=O)c1cccc(NC(=O)COC(c2ccccc2)c2ccccc2)c1. The number of amides is 1. The third-order valence-corrected chi connectivity index (χ3v) is 4.24. The molecule has 0 atom stereocenters. The van der Waals surface area contributed by atoms with Gasteiger partial charge in [0.1, 0.15) is 12.7 Å². The zero-order chi connectivity index (χ0) is 20.5. The van der Waals surface area contributed by atoms with Gasteiger partial charge in [-0.05, 0) is 36.2 Å². The van der Waals surface area contributed by atoms with Gasteiger partial charge in [-0.1, -0.05) is 66.7 Å². The van der Waals surface area contributed by atoms with E-state index in [1.165, 1.54) is 0 Å². The molecule has 1 amide bonds. The Kier molecular flexibility index (Phi) is 7.14. The zero-order valence-corrected chi connectivity index (χ0v) is 16.2. The van der Waals surface area contributed by atoms with E-state index in [1.54, 1.807) is 31.2 Å². The molecule has 148 valence electrons. The van der Waals surface area contributed by atoms with E-state index < -0.39 is 5.97 Å². The highest BCUT2D eigenvalue weighted by atomic mass is 16.5. The van der Waals surface area contributed by atoms with Crippen molar-refractivity contribution in [2.45, 2.75) is 13.0 Å². The molecular formula is C24H23NO4. The fraction of sp³-hybridized carbons (Fsp3) is 0.167. The van der Waals surface area contributed by atoms with Gasteiger partial charge in [0.05, 0.1) is 12.2 Å². The maximum atomic E-state index is 12.4. The first kappa shape index (κ1) is 20.3. The standard InChI is InChI=1S/C24H23NO4/c1-2-28-24(27)20-14-9-15-21(16-20)25-22(26)17-29-23(18-10-5-3-6-11-18)19-12-7-4-8-13-19/h3-16,23H,2,17H2,1H3,(H,25,26). The van der Waals surface area contributed by atoms with Crippen molar-refractivity contribution in [3.8, 4) is 0 Å². The van der Waals surface area contributed by atoms with Crippen molar-refractivity contribution >= 4 is 17.6 Å². The van der Waals surface area contributed by atoms with E-state index in [0.717, 1.165) is 11.1 Å². The second-order valence-electron chi connectivity index (χ2n) is 6.36. The first-order valence-electron chi connectivity index (χ1n) is 9.46. The normalized spacial score (nSPS) is 10.6. The van der Waals surface area contributed by atoms with Crippen molar-refractivity contribution in [3.05, 3.63) is 102 Å². The molecule has 0 aliphatic heterocycles. The highest BCUT2D eigenvalue weighted by Crippen LogP contribution is 2.25. The number of carbonyl (C=O) groups is 2. The van der Waals surface area contributed by atoms with Crippen LogP contribution in [0.1, 0.15) is 34.5 Å². The summed E-state index contributed by atoms with van der Waals surface area (Å²) in [5.74, 6) is -0.726. The van der Waals surface area contributed by atoms with Gasteiger partial charge >= 0.3 is 5.97 Å². The van der Waals surface area contributed by atoms with Crippen molar-refractivity contribution in [1.82, 2.24) is 0 Å². The van der Waals surface area contributed by atoms with Crippen molar-refractivity contribution in [2.75, 3.05) is 18.5 Å². The lowest BCUT2D eigenvalue weighted by Crippen LogP contribution is -2.21. The van der Waals surface area contributed by atoms with Crippen molar-refractivity contribution in [3.63, 3.8) is 0 Å². The van der Waals surface area contributed by atoms with Crippen LogP contribution in [-0.4, -0.2) is 25.1 Å². The summed E-state index contributed by atoms with van der Waals surface area (Å²) in [7, 11) is 0. The maximum Gasteiger partial charge on any atom is 0.338 e. The Bertz CT molecular complexity index is 902. The lowest BCUT2D eigenvalue weighted by Gasteiger charge is -2.19. The van der Waals surface area contributed by atoms with Crippen molar-refractivity contribution in [1.29, 1.82) is 0 Å². The minimum Gasteiger partial charge on any atom is -0.462 e. The molecule has 0 fully saturated rings. The predicted molar refractivity (Wildman–Crippen MR) is 112 cm³/mol. The third-order valence-electron chi connectivity index (χ3n) is 4.24. The summed E-state index contributed by atoms with van der Waals surface area (Å²) in [5.41, 5.74) is 2.84. The number of ether oxygens (including phenoxy) is 2. The van der Waals surface area contributed by atoms with Crippen LogP contribution in [0.3, 0.4) is 0 Å². The largest absolute Gasteiger partial charge is 0.462 e. The van der Waals surface area contributed by atoms with Crippen LogP contribution in [0.25, 0.3) is 0 Å². The average molecular weight is 389 g/mol. The Morgan fingerprint density at radius 3 is 2.07 bits per heavy atom. The number of hydrogen-bond donors (Lipinski definition) is 1. The monoisotopic (exact) mass is 389 g/mol. The molecule has 3 aromatic carbocycles. The van der Waals surface area contributed by atoms with E-state index in [-0.39, 0.29) is 18.6 Å². The second-order valence-corrected chi connectivity index (χ2v) is 6.36. The maximum absolute atomic E-state index is 12.4. The molecule has 0 saturated carbocycles. The van der Waals surface area contributed by atoms with E-state index >= 15 is 0 Å². The molecule has 29 heavy (non-hydrogen) atoms. The van der Waals surface area contributed by atoms with Gasteiger partial charge in [-0.15, -0.1) is 0 Å². The number of anilines is 1. The number of rotatable bonds is 8. The Labute approximate surface area is 170 Å². The topological polar surface area (TPSA) is 64.6 Å². The molecule has 0 saturated heterocycles. The molecular weight excluding hydrogens is 366 g/mol. The fourth-order valence-electron chi connectivity index (χ4n) is 2.94. The third kappa shape index (κ3) is 5.77. The molecule has 0 aliphatic rings. The van der Waals surface area contributed by atoms with Gasteiger partial charge in [0, 0.05) is 5.69 Å². The summed E-state index contributed by atoms with van der Waals surface area (Å²) in [4.78, 5) is 24.3. The number of esters is 1. The van der Waals surface area contributed by atoms with E-state index in [9.17, 15) is 9.59 Å². The summed E-state index contributed by atoms with van der Waals surface area (Å²) >= 11 is 0. The molecule has 1 N–H and O–H groups in total. The minimum atomic E-state index is -0.423. The smallest absolute Gasteiger partial charge is 0.338 e. The van der Waals surface area contributed by atoms with Crippen LogP contribution in [0, 0.1) is 0 Å². The molecule has 0 aromatic heterocycles. The number of nitrogens with one attached hydrogen (secondary N) is 1. The lowest BCUT2D eigenvalue weighted by molar-refractivity contribution is -0.121. The average Bonchev–Trinajstić information content (AvgIpc) is 2.76. The van der Waals surface area contributed by atoms with Gasteiger partial charge in [-0.3, -0.25) is 4.79 Å². The lowest BCUT2D eigenvalue weighted by atomic mass is 10.0. The van der Waals surface area contributed by atoms with Crippen LogP contribution in [-0.2, 0) is 14.3 Å². The molecule has 0 heterocycles.